The minimum atomic E-state index is -4.44. The zero-order chi connectivity index (χ0) is 25.2. The quantitative estimate of drug-likeness (QED) is 0.226. The van der Waals surface area contributed by atoms with Crippen LogP contribution >= 0.6 is 7.75 Å². The summed E-state index contributed by atoms with van der Waals surface area (Å²) in [6.45, 7) is 3.10. The number of hydroxylamine groups is 1. The van der Waals surface area contributed by atoms with E-state index in [2.05, 4.69) is 20.0 Å². The number of hydrogen-bond acceptors (Lipinski definition) is 9. The maximum absolute atomic E-state index is 12.9. The monoisotopic (exact) mass is 501 g/mol. The van der Waals surface area contributed by atoms with Crippen LogP contribution in [0.4, 0.5) is 11.5 Å². The number of para-hydroxylation sites is 1. The zero-order valence-corrected chi connectivity index (χ0v) is 20.5. The van der Waals surface area contributed by atoms with Gasteiger partial charge in [0, 0.05) is 5.92 Å². The average molecular weight is 501 g/mol. The number of rotatable bonds is 9. The molecule has 3 aromatic rings. The largest absolute Gasteiger partial charge is 0.432 e. The van der Waals surface area contributed by atoms with Crippen molar-refractivity contribution in [2.75, 3.05) is 24.5 Å². The van der Waals surface area contributed by atoms with Gasteiger partial charge in [0.05, 0.1) is 31.8 Å². The van der Waals surface area contributed by atoms with E-state index in [1.54, 1.807) is 44.4 Å². The number of nitrogens with one attached hydrogen (secondary N) is 1. The molecule has 12 nitrogen and oxygen atoms in total. The standard InChI is InChI=1S/C22H28N7O5P/c1-22(2,29(33-3)16-7-5-4-6-8-16)21(30)27-35(31,32)34-12-15-9-10-17(11-15)28-14-26-18-19(23)24-13-25-20(18)28/h4-10,13-15,17H,11-12H2,1-3H3,(H2,23,24,25)(H2,27,30,31,32)/t15-,17+/m0/s1. The molecule has 4 rings (SSSR count). The van der Waals surface area contributed by atoms with E-state index in [-0.39, 0.29) is 18.6 Å². The van der Waals surface area contributed by atoms with Gasteiger partial charge in [0.1, 0.15) is 17.4 Å². The molecule has 0 fully saturated rings. The number of fused-ring (bicyclic) bond motifs is 1. The van der Waals surface area contributed by atoms with E-state index in [1.165, 1.54) is 18.5 Å². The first-order chi connectivity index (χ1) is 16.6. The molecule has 1 amide bonds. The summed E-state index contributed by atoms with van der Waals surface area (Å²) in [5.74, 6) is -0.576. The number of benzene rings is 1. The first kappa shape index (κ1) is 24.8. The van der Waals surface area contributed by atoms with Gasteiger partial charge in [0.15, 0.2) is 11.5 Å². The number of amides is 1. The van der Waals surface area contributed by atoms with Crippen molar-refractivity contribution in [3.63, 3.8) is 0 Å². The predicted molar refractivity (Wildman–Crippen MR) is 130 cm³/mol. The van der Waals surface area contributed by atoms with Gasteiger partial charge >= 0.3 is 7.75 Å². The molecule has 1 aromatic carbocycles. The third-order valence-corrected chi connectivity index (χ3v) is 6.82. The first-order valence-electron chi connectivity index (χ1n) is 10.9. The van der Waals surface area contributed by atoms with Crippen LogP contribution in [0, 0.1) is 5.92 Å². The second-order valence-corrected chi connectivity index (χ2v) is 10.2. The van der Waals surface area contributed by atoms with Crippen LogP contribution < -0.4 is 15.9 Å². The summed E-state index contributed by atoms with van der Waals surface area (Å²) in [6, 6.07) is 8.88. The second-order valence-electron chi connectivity index (χ2n) is 8.66. The normalized spacial score (nSPS) is 19.5. The number of nitrogens with two attached hydrogens (primary N) is 1. The minimum absolute atomic E-state index is 0.0576. The van der Waals surface area contributed by atoms with Crippen LogP contribution in [0.5, 0.6) is 0 Å². The van der Waals surface area contributed by atoms with Gasteiger partial charge in [-0.3, -0.25) is 19.2 Å². The number of nitrogens with zero attached hydrogens (tertiary/aromatic N) is 5. The summed E-state index contributed by atoms with van der Waals surface area (Å²) in [5.41, 5.74) is 6.29. The molecular weight excluding hydrogens is 473 g/mol. The van der Waals surface area contributed by atoms with Gasteiger partial charge in [-0.05, 0) is 32.4 Å². The van der Waals surface area contributed by atoms with E-state index in [4.69, 9.17) is 15.1 Å². The van der Waals surface area contributed by atoms with E-state index in [0.717, 1.165) is 0 Å². The Kier molecular flexibility index (Phi) is 6.91. The summed E-state index contributed by atoms with van der Waals surface area (Å²) >= 11 is 0. The minimum Gasteiger partial charge on any atom is -0.382 e. The number of hydrogen-bond donors (Lipinski definition) is 3. The highest BCUT2D eigenvalue weighted by molar-refractivity contribution is 7.51. The maximum atomic E-state index is 12.9. The van der Waals surface area contributed by atoms with Gasteiger partial charge < -0.3 is 15.2 Å². The van der Waals surface area contributed by atoms with Crippen molar-refractivity contribution in [1.82, 2.24) is 24.6 Å². The topological polar surface area (TPSA) is 158 Å². The molecule has 4 N–H and O–H groups in total. The molecule has 1 aliphatic rings. The highest BCUT2D eigenvalue weighted by Crippen LogP contribution is 2.41. The SMILES string of the molecule is CON(c1ccccc1)C(C)(C)C(=O)NP(=O)(O)OC[C@H]1C=C[C@@H](n2cnc3c(N)ncnc32)C1. The van der Waals surface area contributed by atoms with Crippen LogP contribution in [0.3, 0.4) is 0 Å². The average Bonchev–Trinajstić information content (AvgIpc) is 3.46. The van der Waals surface area contributed by atoms with Crippen LogP contribution in [-0.4, -0.2) is 49.6 Å². The molecule has 35 heavy (non-hydrogen) atoms. The van der Waals surface area contributed by atoms with Gasteiger partial charge in [-0.1, -0.05) is 30.4 Å². The van der Waals surface area contributed by atoms with Gasteiger partial charge in [-0.25, -0.2) is 24.6 Å². The lowest BCUT2D eigenvalue weighted by atomic mass is 10.0. The Balaban J connectivity index is 1.36. The molecule has 0 radical (unpaired) electrons. The molecule has 0 saturated heterocycles. The molecule has 0 spiro atoms. The Labute approximate surface area is 202 Å². The lowest BCUT2D eigenvalue weighted by Gasteiger charge is -2.36. The molecule has 0 bridgehead atoms. The van der Waals surface area contributed by atoms with Crippen molar-refractivity contribution in [3.8, 4) is 0 Å². The van der Waals surface area contributed by atoms with Crippen LogP contribution in [-0.2, 0) is 18.7 Å². The molecule has 1 unspecified atom stereocenters. The lowest BCUT2D eigenvalue weighted by molar-refractivity contribution is -0.126. The lowest BCUT2D eigenvalue weighted by Crippen LogP contribution is -2.54. The molecule has 1 aliphatic carbocycles. The second kappa shape index (κ2) is 9.74. The zero-order valence-electron chi connectivity index (χ0n) is 19.6. The predicted octanol–water partition coefficient (Wildman–Crippen LogP) is 2.61. The maximum Gasteiger partial charge on any atom is 0.432 e. The number of carbonyl (C=O) groups is 1. The van der Waals surface area contributed by atoms with Crippen LogP contribution in [0.15, 0.2) is 55.1 Å². The summed E-state index contributed by atoms with van der Waals surface area (Å²) in [7, 11) is -3.02. The fourth-order valence-corrected chi connectivity index (χ4v) is 4.99. The number of aromatic nitrogens is 4. The van der Waals surface area contributed by atoms with Crippen LogP contribution in [0.1, 0.15) is 26.3 Å². The van der Waals surface area contributed by atoms with E-state index < -0.39 is 19.2 Å². The number of anilines is 2. The smallest absolute Gasteiger partial charge is 0.382 e. The van der Waals surface area contributed by atoms with E-state index in [1.807, 2.05) is 22.8 Å². The van der Waals surface area contributed by atoms with Crippen molar-refractivity contribution < 1.29 is 23.6 Å². The number of nitrogen functional groups attached to an aromatic ring is 1. The number of allylic oxidation sites excluding steroid dienone is 1. The summed E-state index contributed by atoms with van der Waals surface area (Å²) < 4.78 is 19.8. The van der Waals surface area contributed by atoms with Crippen molar-refractivity contribution in [3.05, 3.63) is 55.1 Å². The van der Waals surface area contributed by atoms with E-state index in [9.17, 15) is 14.3 Å². The van der Waals surface area contributed by atoms with Crippen LogP contribution in [0.25, 0.3) is 11.2 Å². The molecule has 13 heteroatoms. The Morgan fingerprint density at radius 3 is 2.74 bits per heavy atom. The van der Waals surface area contributed by atoms with E-state index in [0.29, 0.717) is 29.1 Å². The van der Waals surface area contributed by atoms with Crippen LogP contribution in [0.2, 0.25) is 0 Å². The molecule has 0 saturated carbocycles. The third kappa shape index (κ3) is 5.20. The Hall–Kier alpha value is -3.31. The number of imidazole rings is 1. The molecule has 186 valence electrons. The highest BCUT2D eigenvalue weighted by atomic mass is 31.2. The molecule has 2 heterocycles. The Morgan fingerprint density at radius 1 is 1.29 bits per heavy atom. The van der Waals surface area contributed by atoms with Crippen molar-refractivity contribution in [2.45, 2.75) is 31.8 Å². The van der Waals surface area contributed by atoms with Crippen molar-refractivity contribution >= 4 is 36.3 Å². The molecule has 0 aliphatic heterocycles. The summed E-state index contributed by atoms with van der Waals surface area (Å²) in [4.78, 5) is 41.1. The van der Waals surface area contributed by atoms with Gasteiger partial charge in [0.2, 0.25) is 0 Å². The third-order valence-electron chi connectivity index (χ3n) is 5.84. The van der Waals surface area contributed by atoms with Crippen molar-refractivity contribution in [1.29, 1.82) is 0 Å². The highest BCUT2D eigenvalue weighted by Gasteiger charge is 2.40. The first-order valence-corrected chi connectivity index (χ1v) is 12.5. The van der Waals surface area contributed by atoms with Gasteiger partial charge in [-0.2, -0.15) is 0 Å². The summed E-state index contributed by atoms with van der Waals surface area (Å²) in [6.07, 6.45) is 7.47. The van der Waals surface area contributed by atoms with Gasteiger partial charge in [-0.15, -0.1) is 0 Å². The summed E-state index contributed by atoms with van der Waals surface area (Å²) in [5, 5.41) is 3.49. The fourth-order valence-electron chi connectivity index (χ4n) is 4.00. The van der Waals surface area contributed by atoms with Crippen molar-refractivity contribution in [2.24, 2.45) is 5.92 Å². The Morgan fingerprint density at radius 2 is 2.03 bits per heavy atom. The number of carbonyl (C=O) groups excluding carboxylic acids is 1. The van der Waals surface area contributed by atoms with Gasteiger partial charge in [0.25, 0.3) is 5.91 Å². The molecule has 3 atom stereocenters. The molecule has 2 aromatic heterocycles. The Bertz CT molecular complexity index is 1280. The molecular formula is C22H28N7O5P. The van der Waals surface area contributed by atoms with E-state index >= 15 is 0 Å². The fraction of sp³-hybridized carbons (Fsp3) is 0.364.